The first kappa shape index (κ1) is 14.1. The molecule has 0 aliphatic heterocycles. The fraction of sp³-hybridized carbons (Fsp3) is 0.235. The number of rotatable bonds is 5. The monoisotopic (exact) mass is 299 g/mol. The molecule has 3 aromatic rings. The van der Waals surface area contributed by atoms with E-state index in [2.05, 4.69) is 33.9 Å². The smallest absolute Gasteiger partial charge is 0.100 e. The Bertz CT molecular complexity index is 749. The van der Waals surface area contributed by atoms with Gasteiger partial charge in [-0.05, 0) is 36.7 Å². The van der Waals surface area contributed by atoms with Gasteiger partial charge in [0.25, 0.3) is 0 Å². The lowest BCUT2D eigenvalue weighted by Crippen LogP contribution is -2.15. The Morgan fingerprint density at radius 1 is 1.14 bits per heavy atom. The molecule has 1 N–H and O–H groups in total. The summed E-state index contributed by atoms with van der Waals surface area (Å²) in [5.74, 6) is 0. The van der Waals surface area contributed by atoms with Gasteiger partial charge < -0.3 is 5.32 Å². The quantitative estimate of drug-likeness (QED) is 0.716. The van der Waals surface area contributed by atoms with Gasteiger partial charge in [0.2, 0.25) is 0 Å². The first-order chi connectivity index (χ1) is 10.3. The van der Waals surface area contributed by atoms with Crippen LogP contribution in [0.4, 0.5) is 0 Å². The van der Waals surface area contributed by atoms with E-state index in [1.807, 2.05) is 36.7 Å². The molecule has 0 spiro atoms. The molecular weight excluding hydrogens is 282 g/mol. The molecule has 0 aliphatic carbocycles. The highest BCUT2D eigenvalue weighted by molar-refractivity contribution is 6.32. The fourth-order valence-corrected chi connectivity index (χ4v) is 2.79. The molecule has 0 saturated carbocycles. The second-order valence-electron chi connectivity index (χ2n) is 5.03. The van der Waals surface area contributed by atoms with Crippen molar-refractivity contribution in [2.45, 2.75) is 19.9 Å². The van der Waals surface area contributed by atoms with E-state index in [9.17, 15) is 0 Å². The van der Waals surface area contributed by atoms with Gasteiger partial charge in [0.15, 0.2) is 0 Å². The van der Waals surface area contributed by atoms with Crippen molar-refractivity contribution in [3.8, 4) is 5.69 Å². The van der Waals surface area contributed by atoms with E-state index >= 15 is 0 Å². The van der Waals surface area contributed by atoms with Gasteiger partial charge in [-0.25, -0.2) is 4.98 Å². The Morgan fingerprint density at radius 2 is 2.00 bits per heavy atom. The lowest BCUT2D eigenvalue weighted by atomic mass is 10.1. The molecule has 0 atom stereocenters. The molecule has 2 aromatic carbocycles. The third kappa shape index (κ3) is 2.80. The van der Waals surface area contributed by atoms with Crippen LogP contribution in [0.5, 0.6) is 0 Å². The van der Waals surface area contributed by atoms with Crippen LogP contribution in [0, 0.1) is 0 Å². The van der Waals surface area contributed by atoms with Crippen molar-refractivity contribution >= 4 is 22.6 Å². The molecular formula is C17H18ClN3. The van der Waals surface area contributed by atoms with E-state index in [1.165, 1.54) is 5.56 Å². The second-order valence-corrected chi connectivity index (χ2v) is 5.43. The number of para-hydroxylation sites is 3. The predicted octanol–water partition coefficient (Wildman–Crippen LogP) is 4.18. The van der Waals surface area contributed by atoms with Crippen molar-refractivity contribution in [2.75, 3.05) is 6.54 Å². The highest BCUT2D eigenvalue weighted by Gasteiger charge is 2.12. The number of benzene rings is 2. The zero-order valence-corrected chi connectivity index (χ0v) is 12.8. The first-order valence-electron chi connectivity index (χ1n) is 7.22. The number of nitrogens with zero attached hydrogens (tertiary/aromatic N) is 2. The second kappa shape index (κ2) is 6.29. The van der Waals surface area contributed by atoms with Crippen LogP contribution in [0.15, 0.2) is 48.8 Å². The summed E-state index contributed by atoms with van der Waals surface area (Å²) in [4.78, 5) is 4.46. The molecule has 108 valence electrons. The molecule has 3 rings (SSSR count). The van der Waals surface area contributed by atoms with Crippen molar-refractivity contribution in [1.82, 2.24) is 14.9 Å². The van der Waals surface area contributed by atoms with Gasteiger partial charge in [-0.1, -0.05) is 42.8 Å². The summed E-state index contributed by atoms with van der Waals surface area (Å²) in [5, 5.41) is 4.18. The van der Waals surface area contributed by atoms with E-state index in [0.717, 1.165) is 41.3 Å². The number of aromatic nitrogens is 2. The average molecular weight is 300 g/mol. The fourth-order valence-electron chi connectivity index (χ4n) is 2.51. The molecule has 3 nitrogen and oxygen atoms in total. The van der Waals surface area contributed by atoms with E-state index in [-0.39, 0.29) is 0 Å². The molecule has 21 heavy (non-hydrogen) atoms. The van der Waals surface area contributed by atoms with Crippen LogP contribution < -0.4 is 5.32 Å². The number of nitrogens with one attached hydrogen (secondary N) is 1. The van der Waals surface area contributed by atoms with Crippen LogP contribution in [0.25, 0.3) is 16.7 Å². The van der Waals surface area contributed by atoms with Gasteiger partial charge in [-0.2, -0.15) is 0 Å². The van der Waals surface area contributed by atoms with Gasteiger partial charge in [0, 0.05) is 6.54 Å². The van der Waals surface area contributed by atoms with Crippen molar-refractivity contribution < 1.29 is 0 Å². The molecule has 0 radical (unpaired) electrons. The number of hydrogen-bond donors (Lipinski definition) is 1. The zero-order valence-electron chi connectivity index (χ0n) is 12.0. The predicted molar refractivity (Wildman–Crippen MR) is 88.1 cm³/mol. The van der Waals surface area contributed by atoms with E-state index < -0.39 is 0 Å². The molecule has 4 heteroatoms. The number of fused-ring (bicyclic) bond motifs is 1. The largest absolute Gasteiger partial charge is 0.313 e. The lowest BCUT2D eigenvalue weighted by Gasteiger charge is -2.14. The third-order valence-corrected chi connectivity index (χ3v) is 3.81. The van der Waals surface area contributed by atoms with Crippen molar-refractivity contribution in [3.05, 3.63) is 59.4 Å². The van der Waals surface area contributed by atoms with Gasteiger partial charge in [0.1, 0.15) is 6.33 Å². The van der Waals surface area contributed by atoms with Crippen LogP contribution in [-0.2, 0) is 6.54 Å². The summed E-state index contributed by atoms with van der Waals surface area (Å²) in [5.41, 5.74) is 4.24. The molecule has 0 saturated heterocycles. The molecule has 0 bridgehead atoms. The summed E-state index contributed by atoms with van der Waals surface area (Å²) in [6.07, 6.45) is 2.96. The first-order valence-corrected chi connectivity index (χ1v) is 7.59. The molecule has 0 fully saturated rings. The minimum atomic E-state index is 0.744. The van der Waals surface area contributed by atoms with Gasteiger partial charge in [0.05, 0.1) is 21.7 Å². The maximum atomic E-state index is 6.46. The zero-order chi connectivity index (χ0) is 14.7. The Morgan fingerprint density at radius 3 is 2.86 bits per heavy atom. The van der Waals surface area contributed by atoms with Crippen LogP contribution >= 0.6 is 11.6 Å². The highest BCUT2D eigenvalue weighted by Crippen LogP contribution is 2.27. The minimum absolute atomic E-state index is 0.744. The maximum Gasteiger partial charge on any atom is 0.100 e. The Labute approximate surface area is 129 Å². The Hall–Kier alpha value is -1.84. The molecule has 1 heterocycles. The summed E-state index contributed by atoms with van der Waals surface area (Å²) in [6.45, 7) is 3.96. The van der Waals surface area contributed by atoms with Crippen LogP contribution in [-0.4, -0.2) is 16.1 Å². The number of hydrogen-bond acceptors (Lipinski definition) is 2. The normalized spacial score (nSPS) is 11.1. The summed E-state index contributed by atoms with van der Waals surface area (Å²) in [6, 6.07) is 14.1. The van der Waals surface area contributed by atoms with Crippen molar-refractivity contribution in [3.63, 3.8) is 0 Å². The van der Waals surface area contributed by atoms with Gasteiger partial charge in [-0.15, -0.1) is 0 Å². The van der Waals surface area contributed by atoms with Crippen molar-refractivity contribution in [2.24, 2.45) is 0 Å². The Balaban J connectivity index is 2.08. The van der Waals surface area contributed by atoms with E-state index in [0.29, 0.717) is 0 Å². The van der Waals surface area contributed by atoms with Gasteiger partial charge in [-0.3, -0.25) is 4.57 Å². The SMILES string of the molecule is CCCNCc1cccc(Cl)c1-n1cnc2ccccc21. The number of halogens is 1. The van der Waals surface area contributed by atoms with Crippen LogP contribution in [0.2, 0.25) is 5.02 Å². The lowest BCUT2D eigenvalue weighted by molar-refractivity contribution is 0.673. The van der Waals surface area contributed by atoms with E-state index in [4.69, 9.17) is 11.6 Å². The molecule has 1 aromatic heterocycles. The summed E-state index contributed by atoms with van der Waals surface area (Å²) >= 11 is 6.46. The molecule has 0 unspecified atom stereocenters. The highest BCUT2D eigenvalue weighted by atomic mass is 35.5. The van der Waals surface area contributed by atoms with Crippen LogP contribution in [0.1, 0.15) is 18.9 Å². The average Bonchev–Trinajstić information content (AvgIpc) is 2.92. The minimum Gasteiger partial charge on any atom is -0.313 e. The van der Waals surface area contributed by atoms with Crippen molar-refractivity contribution in [1.29, 1.82) is 0 Å². The number of imidazole rings is 1. The Kier molecular flexibility index (Phi) is 4.23. The third-order valence-electron chi connectivity index (χ3n) is 3.51. The topological polar surface area (TPSA) is 29.9 Å². The molecule has 0 amide bonds. The van der Waals surface area contributed by atoms with Gasteiger partial charge >= 0.3 is 0 Å². The van der Waals surface area contributed by atoms with E-state index in [1.54, 1.807) is 0 Å². The van der Waals surface area contributed by atoms with Crippen LogP contribution in [0.3, 0.4) is 0 Å². The molecule has 0 aliphatic rings. The summed E-state index contributed by atoms with van der Waals surface area (Å²) in [7, 11) is 0. The summed E-state index contributed by atoms with van der Waals surface area (Å²) < 4.78 is 2.07. The standard InChI is InChI=1S/C17H18ClN3/c1-2-10-19-11-13-6-5-7-14(18)17(13)21-12-20-15-8-3-4-9-16(15)21/h3-9,12,19H,2,10-11H2,1H3. The maximum absolute atomic E-state index is 6.46.